The molecule has 0 aliphatic carbocycles. The van der Waals surface area contributed by atoms with E-state index in [1.807, 2.05) is 6.92 Å². The number of hydrogen-bond donors (Lipinski definition) is 0. The lowest BCUT2D eigenvalue weighted by Crippen LogP contribution is -2.05. The Bertz CT molecular complexity index is 483. The lowest BCUT2D eigenvalue weighted by Gasteiger charge is -2.15. The smallest absolute Gasteiger partial charge is 0.129 e. The van der Waals surface area contributed by atoms with Crippen molar-refractivity contribution in [1.29, 1.82) is 0 Å². The van der Waals surface area contributed by atoms with E-state index in [0.717, 1.165) is 10.6 Å². The molecule has 0 saturated heterocycles. The second-order valence-electron chi connectivity index (χ2n) is 3.44. The van der Waals surface area contributed by atoms with Crippen molar-refractivity contribution in [2.45, 2.75) is 13.0 Å². The van der Waals surface area contributed by atoms with Crippen LogP contribution >= 0.6 is 11.3 Å². The van der Waals surface area contributed by atoms with Gasteiger partial charge in [0, 0.05) is 12.7 Å². The number of methoxy groups -OCH3 is 1. The first kappa shape index (κ1) is 11.2. The van der Waals surface area contributed by atoms with E-state index in [9.17, 15) is 4.39 Å². The Morgan fingerprint density at radius 3 is 2.69 bits per heavy atom. The van der Waals surface area contributed by atoms with Gasteiger partial charge in [0.25, 0.3) is 0 Å². The number of thiazole rings is 1. The lowest BCUT2D eigenvalue weighted by molar-refractivity contribution is 0.135. The molecule has 0 aliphatic rings. The summed E-state index contributed by atoms with van der Waals surface area (Å²) < 4.78 is 19.0. The Morgan fingerprint density at radius 1 is 1.38 bits per heavy atom. The van der Waals surface area contributed by atoms with Gasteiger partial charge in [-0.3, -0.25) is 0 Å². The molecule has 0 saturated carbocycles. The molecule has 1 atom stereocenters. The summed E-state index contributed by atoms with van der Waals surface area (Å²) >= 11 is 1.48. The molecule has 2 nitrogen and oxygen atoms in total. The SMILES string of the molecule is COC(c1ccccc1F)c1scnc1C. The van der Waals surface area contributed by atoms with Crippen molar-refractivity contribution >= 4 is 11.3 Å². The number of halogens is 1. The third kappa shape index (κ3) is 1.99. The van der Waals surface area contributed by atoms with Crippen LogP contribution in [0.15, 0.2) is 29.8 Å². The van der Waals surface area contributed by atoms with Crippen LogP contribution in [0.2, 0.25) is 0 Å². The van der Waals surface area contributed by atoms with Crippen molar-refractivity contribution in [3.63, 3.8) is 0 Å². The van der Waals surface area contributed by atoms with Crippen LogP contribution < -0.4 is 0 Å². The summed E-state index contributed by atoms with van der Waals surface area (Å²) in [7, 11) is 1.58. The maximum atomic E-state index is 13.7. The van der Waals surface area contributed by atoms with Crippen molar-refractivity contribution < 1.29 is 9.13 Å². The molecule has 2 rings (SSSR count). The van der Waals surface area contributed by atoms with Gasteiger partial charge < -0.3 is 4.74 Å². The Kier molecular flexibility index (Phi) is 3.31. The Balaban J connectivity index is 2.45. The molecular weight excluding hydrogens is 225 g/mol. The van der Waals surface area contributed by atoms with Gasteiger partial charge in [0.05, 0.1) is 16.1 Å². The number of aromatic nitrogens is 1. The summed E-state index contributed by atoms with van der Waals surface area (Å²) in [5.74, 6) is -0.248. The van der Waals surface area contributed by atoms with Gasteiger partial charge in [-0.25, -0.2) is 9.37 Å². The molecule has 0 amide bonds. The second-order valence-corrected chi connectivity index (χ2v) is 4.33. The Hall–Kier alpha value is -1.26. The predicted molar refractivity (Wildman–Crippen MR) is 62.1 cm³/mol. The first-order chi connectivity index (χ1) is 7.74. The number of nitrogens with zero attached hydrogens (tertiary/aromatic N) is 1. The van der Waals surface area contributed by atoms with Gasteiger partial charge in [0.2, 0.25) is 0 Å². The summed E-state index contributed by atoms with van der Waals surface area (Å²) in [6.45, 7) is 1.90. The number of benzene rings is 1. The maximum absolute atomic E-state index is 13.7. The van der Waals surface area contributed by atoms with Gasteiger partial charge in [0.15, 0.2) is 0 Å². The summed E-state index contributed by atoms with van der Waals surface area (Å²) in [6.07, 6.45) is -0.367. The predicted octanol–water partition coefficient (Wildman–Crippen LogP) is 3.33. The molecule has 84 valence electrons. The highest BCUT2D eigenvalue weighted by molar-refractivity contribution is 7.09. The average Bonchev–Trinajstić information content (AvgIpc) is 2.69. The van der Waals surface area contributed by atoms with Gasteiger partial charge in [-0.2, -0.15) is 0 Å². The molecule has 0 spiro atoms. The molecule has 2 aromatic rings. The third-order valence-electron chi connectivity index (χ3n) is 2.44. The molecule has 0 bridgehead atoms. The largest absolute Gasteiger partial charge is 0.371 e. The number of rotatable bonds is 3. The molecule has 0 aliphatic heterocycles. The van der Waals surface area contributed by atoms with Crippen molar-refractivity contribution in [3.05, 3.63) is 51.7 Å². The molecule has 0 fully saturated rings. The Morgan fingerprint density at radius 2 is 2.12 bits per heavy atom. The van der Waals surface area contributed by atoms with Gasteiger partial charge >= 0.3 is 0 Å². The van der Waals surface area contributed by atoms with E-state index in [2.05, 4.69) is 4.98 Å². The molecule has 0 N–H and O–H groups in total. The second kappa shape index (κ2) is 4.72. The van der Waals surface area contributed by atoms with Crippen molar-refractivity contribution in [2.24, 2.45) is 0 Å². The van der Waals surface area contributed by atoms with E-state index in [1.54, 1.807) is 30.8 Å². The number of aryl methyl sites for hydroxylation is 1. The zero-order valence-corrected chi connectivity index (χ0v) is 9.92. The highest BCUT2D eigenvalue weighted by Crippen LogP contribution is 2.31. The van der Waals surface area contributed by atoms with Crippen molar-refractivity contribution in [3.8, 4) is 0 Å². The van der Waals surface area contributed by atoms with Crippen molar-refractivity contribution in [2.75, 3.05) is 7.11 Å². The molecule has 4 heteroatoms. The van der Waals surface area contributed by atoms with Crippen LogP contribution in [0.5, 0.6) is 0 Å². The Labute approximate surface area is 97.7 Å². The van der Waals surface area contributed by atoms with E-state index < -0.39 is 0 Å². The van der Waals surface area contributed by atoms with Crippen molar-refractivity contribution in [1.82, 2.24) is 4.98 Å². The fourth-order valence-corrected chi connectivity index (χ4v) is 2.52. The first-order valence-electron chi connectivity index (χ1n) is 4.91. The van der Waals surface area contributed by atoms with Crippen LogP contribution in [0.1, 0.15) is 22.2 Å². The van der Waals surface area contributed by atoms with Crippen LogP contribution in [-0.4, -0.2) is 12.1 Å². The topological polar surface area (TPSA) is 22.1 Å². The summed E-state index contributed by atoms with van der Waals surface area (Å²) in [5, 5.41) is 0. The van der Waals surface area contributed by atoms with Gasteiger partial charge in [-0.05, 0) is 13.0 Å². The van der Waals surface area contributed by atoms with Gasteiger partial charge in [0.1, 0.15) is 11.9 Å². The fraction of sp³-hybridized carbons (Fsp3) is 0.250. The standard InChI is InChI=1S/C12H12FNOS/c1-8-12(16-7-14-8)11(15-2)9-5-3-4-6-10(9)13/h3-7,11H,1-2H3. The summed E-state index contributed by atoms with van der Waals surface area (Å²) in [6, 6.07) is 6.66. The normalized spacial score (nSPS) is 12.7. The zero-order valence-electron chi connectivity index (χ0n) is 9.11. The monoisotopic (exact) mass is 237 g/mol. The van der Waals surface area contributed by atoms with Crippen LogP contribution in [0, 0.1) is 12.7 Å². The average molecular weight is 237 g/mol. The van der Waals surface area contributed by atoms with E-state index in [-0.39, 0.29) is 11.9 Å². The highest BCUT2D eigenvalue weighted by atomic mass is 32.1. The van der Waals surface area contributed by atoms with E-state index >= 15 is 0 Å². The van der Waals surface area contributed by atoms with Gasteiger partial charge in [-0.15, -0.1) is 11.3 Å². The zero-order chi connectivity index (χ0) is 11.5. The van der Waals surface area contributed by atoms with Crippen LogP contribution in [0.3, 0.4) is 0 Å². The molecule has 1 aromatic carbocycles. The quantitative estimate of drug-likeness (QED) is 0.817. The fourth-order valence-electron chi connectivity index (χ4n) is 1.63. The summed E-state index contributed by atoms with van der Waals surface area (Å²) in [5.41, 5.74) is 3.19. The van der Waals surface area contributed by atoms with E-state index in [0.29, 0.717) is 5.56 Å². The minimum atomic E-state index is -0.367. The minimum absolute atomic E-state index is 0.248. The number of hydrogen-bond acceptors (Lipinski definition) is 3. The molecule has 16 heavy (non-hydrogen) atoms. The van der Waals surface area contributed by atoms with Crippen LogP contribution in [0.4, 0.5) is 4.39 Å². The summed E-state index contributed by atoms with van der Waals surface area (Å²) in [4.78, 5) is 5.11. The van der Waals surface area contributed by atoms with Gasteiger partial charge in [-0.1, -0.05) is 18.2 Å². The van der Waals surface area contributed by atoms with E-state index in [4.69, 9.17) is 4.74 Å². The minimum Gasteiger partial charge on any atom is -0.371 e. The van der Waals surface area contributed by atoms with Crippen LogP contribution in [-0.2, 0) is 4.74 Å². The maximum Gasteiger partial charge on any atom is 0.129 e. The third-order valence-corrected chi connectivity index (χ3v) is 3.42. The first-order valence-corrected chi connectivity index (χ1v) is 5.79. The van der Waals surface area contributed by atoms with E-state index in [1.165, 1.54) is 17.4 Å². The molecule has 1 heterocycles. The molecule has 1 aromatic heterocycles. The molecule has 0 radical (unpaired) electrons. The molecule has 1 unspecified atom stereocenters. The number of ether oxygens (including phenoxy) is 1. The molecular formula is C12H12FNOS. The lowest BCUT2D eigenvalue weighted by atomic mass is 10.1. The van der Waals surface area contributed by atoms with Crippen LogP contribution in [0.25, 0.3) is 0 Å². The highest BCUT2D eigenvalue weighted by Gasteiger charge is 2.20.